The van der Waals surface area contributed by atoms with Gasteiger partial charge in [-0.25, -0.2) is 0 Å². The minimum atomic E-state index is 0.0546. The molecule has 0 radical (unpaired) electrons. The molecule has 5 heteroatoms. The number of nitrogens with one attached hydrogen (secondary N) is 1. The predicted molar refractivity (Wildman–Crippen MR) is 58.9 cm³/mol. The van der Waals surface area contributed by atoms with E-state index in [1.807, 2.05) is 11.8 Å². The number of ether oxygens (including phenoxy) is 1. The zero-order valence-electron chi connectivity index (χ0n) is 9.69. The first-order chi connectivity index (χ1) is 7.74. The average Bonchev–Trinajstić information content (AvgIpc) is 2.85. The second-order valence-electron chi connectivity index (χ2n) is 4.14. The minimum absolute atomic E-state index is 0.0546. The van der Waals surface area contributed by atoms with E-state index in [2.05, 4.69) is 10.2 Å². The van der Waals surface area contributed by atoms with E-state index in [4.69, 9.17) is 4.74 Å². The molecule has 0 unspecified atom stereocenters. The topological polar surface area (TPSA) is 58.2 Å². The van der Waals surface area contributed by atoms with Gasteiger partial charge >= 0.3 is 0 Å². The number of H-pyrrole nitrogens is 1. The van der Waals surface area contributed by atoms with Crippen molar-refractivity contribution in [3.63, 3.8) is 0 Å². The van der Waals surface area contributed by atoms with E-state index < -0.39 is 0 Å². The van der Waals surface area contributed by atoms with E-state index in [-0.39, 0.29) is 18.6 Å². The molecule has 0 bridgehead atoms. The summed E-state index contributed by atoms with van der Waals surface area (Å²) in [5.41, 5.74) is 2.17. The van der Waals surface area contributed by atoms with Crippen molar-refractivity contribution in [2.75, 3.05) is 20.3 Å². The molecule has 5 nitrogen and oxygen atoms in total. The molecule has 0 aliphatic carbocycles. The Morgan fingerprint density at radius 3 is 3.19 bits per heavy atom. The minimum Gasteiger partial charge on any atom is -0.375 e. The Labute approximate surface area is 94.8 Å². The highest BCUT2D eigenvalue weighted by molar-refractivity contribution is 5.78. The number of hydrogen-bond donors (Lipinski definition) is 1. The first-order valence-corrected chi connectivity index (χ1v) is 5.52. The van der Waals surface area contributed by atoms with E-state index >= 15 is 0 Å². The molecule has 1 aliphatic rings. The zero-order valence-corrected chi connectivity index (χ0v) is 9.69. The van der Waals surface area contributed by atoms with Crippen LogP contribution in [0, 0.1) is 6.92 Å². The van der Waals surface area contributed by atoms with Crippen molar-refractivity contribution in [1.29, 1.82) is 0 Å². The van der Waals surface area contributed by atoms with Crippen LogP contribution in [-0.2, 0) is 9.53 Å². The largest absolute Gasteiger partial charge is 0.375 e. The summed E-state index contributed by atoms with van der Waals surface area (Å²) in [6.07, 6.45) is 3.84. The Hall–Kier alpha value is -1.36. The van der Waals surface area contributed by atoms with Crippen molar-refractivity contribution in [2.24, 2.45) is 0 Å². The third-order valence-corrected chi connectivity index (χ3v) is 3.04. The molecule has 0 saturated carbocycles. The summed E-state index contributed by atoms with van der Waals surface area (Å²) >= 11 is 0. The normalized spacial score (nSPS) is 20.4. The van der Waals surface area contributed by atoms with E-state index in [0.717, 1.165) is 30.6 Å². The van der Waals surface area contributed by atoms with Crippen molar-refractivity contribution in [1.82, 2.24) is 15.1 Å². The highest BCUT2D eigenvalue weighted by atomic mass is 16.5. The molecule has 1 aromatic heterocycles. The van der Waals surface area contributed by atoms with Crippen molar-refractivity contribution in [2.45, 2.75) is 25.8 Å². The van der Waals surface area contributed by atoms with Crippen LogP contribution in [0.3, 0.4) is 0 Å². The lowest BCUT2D eigenvalue weighted by atomic mass is 10.1. The van der Waals surface area contributed by atoms with E-state index in [0.29, 0.717) is 0 Å². The number of likely N-dealkylation sites (tertiary alicyclic amines) is 1. The molecule has 1 fully saturated rings. The number of aromatic nitrogens is 2. The lowest BCUT2D eigenvalue weighted by molar-refractivity contribution is -0.136. The maximum Gasteiger partial charge on any atom is 0.249 e. The van der Waals surface area contributed by atoms with Gasteiger partial charge in [0.2, 0.25) is 5.91 Å². The van der Waals surface area contributed by atoms with E-state index in [1.54, 1.807) is 13.3 Å². The number of methoxy groups -OCH3 is 1. The van der Waals surface area contributed by atoms with Crippen LogP contribution >= 0.6 is 0 Å². The fourth-order valence-electron chi connectivity index (χ4n) is 2.27. The molecule has 1 aliphatic heterocycles. The summed E-state index contributed by atoms with van der Waals surface area (Å²) in [6, 6.07) is 0.144. The molecule has 16 heavy (non-hydrogen) atoms. The quantitative estimate of drug-likeness (QED) is 0.832. The van der Waals surface area contributed by atoms with E-state index in [1.165, 1.54) is 0 Å². The van der Waals surface area contributed by atoms with Crippen LogP contribution in [0.15, 0.2) is 6.20 Å². The van der Waals surface area contributed by atoms with Crippen LogP contribution in [0.2, 0.25) is 0 Å². The third kappa shape index (κ3) is 1.95. The summed E-state index contributed by atoms with van der Waals surface area (Å²) in [7, 11) is 1.55. The summed E-state index contributed by atoms with van der Waals surface area (Å²) in [6.45, 7) is 2.98. The molecule has 1 saturated heterocycles. The third-order valence-electron chi connectivity index (χ3n) is 3.04. The molecular weight excluding hydrogens is 206 g/mol. The van der Waals surface area contributed by atoms with Gasteiger partial charge in [-0.15, -0.1) is 0 Å². The number of hydrogen-bond acceptors (Lipinski definition) is 3. The molecule has 1 aromatic rings. The van der Waals surface area contributed by atoms with Gasteiger partial charge in [0.25, 0.3) is 0 Å². The summed E-state index contributed by atoms with van der Waals surface area (Å²) < 4.78 is 4.89. The van der Waals surface area contributed by atoms with Gasteiger partial charge in [0.05, 0.1) is 17.9 Å². The van der Waals surface area contributed by atoms with Gasteiger partial charge in [0.1, 0.15) is 6.61 Å². The Morgan fingerprint density at radius 1 is 1.75 bits per heavy atom. The Bertz CT molecular complexity index is 375. The Kier molecular flexibility index (Phi) is 3.24. The van der Waals surface area contributed by atoms with Crippen LogP contribution in [-0.4, -0.2) is 41.3 Å². The molecule has 0 spiro atoms. The Balaban J connectivity index is 2.15. The molecule has 1 atom stereocenters. The molecular formula is C11H17N3O2. The van der Waals surface area contributed by atoms with Gasteiger partial charge < -0.3 is 9.64 Å². The van der Waals surface area contributed by atoms with Gasteiger partial charge in [-0.3, -0.25) is 9.89 Å². The molecule has 1 amide bonds. The van der Waals surface area contributed by atoms with Crippen LogP contribution in [0.5, 0.6) is 0 Å². The van der Waals surface area contributed by atoms with Crippen LogP contribution in [0.25, 0.3) is 0 Å². The predicted octanol–water partition coefficient (Wildman–Crippen LogP) is 1.03. The van der Waals surface area contributed by atoms with Crippen molar-refractivity contribution < 1.29 is 9.53 Å². The first kappa shape index (κ1) is 11.1. The maximum absolute atomic E-state index is 11.8. The van der Waals surface area contributed by atoms with E-state index in [9.17, 15) is 4.79 Å². The maximum atomic E-state index is 11.8. The SMILES string of the molecule is COCC(=O)N1CCC[C@@H]1c1[nH]ncc1C. The average molecular weight is 223 g/mol. The fraction of sp³-hybridized carbons (Fsp3) is 0.636. The zero-order chi connectivity index (χ0) is 11.5. The number of nitrogens with zero attached hydrogens (tertiary/aromatic N) is 2. The molecule has 0 aromatic carbocycles. The number of carbonyl (C=O) groups excluding carboxylic acids is 1. The van der Waals surface area contributed by atoms with Gasteiger partial charge in [0, 0.05) is 13.7 Å². The monoisotopic (exact) mass is 223 g/mol. The van der Waals surface area contributed by atoms with Crippen molar-refractivity contribution in [3.8, 4) is 0 Å². The molecule has 88 valence electrons. The van der Waals surface area contributed by atoms with Gasteiger partial charge in [-0.2, -0.15) is 5.10 Å². The summed E-state index contributed by atoms with van der Waals surface area (Å²) in [5.74, 6) is 0.0546. The highest BCUT2D eigenvalue weighted by Gasteiger charge is 2.31. The van der Waals surface area contributed by atoms with Crippen LogP contribution in [0.4, 0.5) is 0 Å². The molecule has 2 heterocycles. The lowest BCUT2D eigenvalue weighted by Crippen LogP contribution is -2.33. The second-order valence-corrected chi connectivity index (χ2v) is 4.14. The van der Waals surface area contributed by atoms with Crippen molar-refractivity contribution in [3.05, 3.63) is 17.5 Å². The van der Waals surface area contributed by atoms with Crippen molar-refractivity contribution >= 4 is 5.91 Å². The number of carbonyl (C=O) groups is 1. The van der Waals surface area contributed by atoms with Crippen LogP contribution < -0.4 is 0 Å². The van der Waals surface area contributed by atoms with Gasteiger partial charge in [-0.05, 0) is 25.3 Å². The summed E-state index contributed by atoms with van der Waals surface area (Å²) in [5, 5.41) is 7.00. The smallest absolute Gasteiger partial charge is 0.249 e. The second kappa shape index (κ2) is 4.65. The van der Waals surface area contributed by atoms with Gasteiger partial charge in [0.15, 0.2) is 0 Å². The number of amides is 1. The first-order valence-electron chi connectivity index (χ1n) is 5.52. The highest BCUT2D eigenvalue weighted by Crippen LogP contribution is 2.32. The standard InChI is InChI=1S/C11H17N3O2/c1-8-6-12-13-11(8)9-4-3-5-14(9)10(15)7-16-2/h6,9H,3-5,7H2,1-2H3,(H,12,13)/t9-/m1/s1. The van der Waals surface area contributed by atoms with Crippen LogP contribution in [0.1, 0.15) is 30.1 Å². The number of rotatable bonds is 3. The fourth-order valence-corrected chi connectivity index (χ4v) is 2.27. The lowest BCUT2D eigenvalue weighted by Gasteiger charge is -2.24. The summed E-state index contributed by atoms with van der Waals surface area (Å²) in [4.78, 5) is 13.7. The molecule has 2 rings (SSSR count). The number of aromatic amines is 1. The number of aryl methyl sites for hydroxylation is 1. The molecule has 1 N–H and O–H groups in total. The Morgan fingerprint density at radius 2 is 2.56 bits per heavy atom. The van der Waals surface area contributed by atoms with Gasteiger partial charge in [-0.1, -0.05) is 0 Å².